The SMILES string of the molecule is O=[N+]([O-])c1cccc(F)c1S(=O)(=O)N[C@@H]1CCCNC1. The molecule has 0 unspecified atom stereocenters. The summed E-state index contributed by atoms with van der Waals surface area (Å²) in [6.07, 6.45) is 1.39. The number of benzene rings is 1. The lowest BCUT2D eigenvalue weighted by atomic mass is 10.1. The van der Waals surface area contributed by atoms with Gasteiger partial charge in [0.05, 0.1) is 4.92 Å². The van der Waals surface area contributed by atoms with Crippen LogP contribution in [-0.2, 0) is 10.0 Å². The number of hydrogen-bond donors (Lipinski definition) is 2. The average Bonchev–Trinajstić information content (AvgIpc) is 2.38. The second-order valence-electron chi connectivity index (χ2n) is 4.51. The topological polar surface area (TPSA) is 101 Å². The molecule has 0 radical (unpaired) electrons. The maximum atomic E-state index is 13.7. The molecule has 1 aliphatic rings. The van der Waals surface area contributed by atoms with Crippen LogP contribution in [0.1, 0.15) is 12.8 Å². The Morgan fingerprint density at radius 1 is 1.45 bits per heavy atom. The van der Waals surface area contributed by atoms with E-state index >= 15 is 0 Å². The fourth-order valence-electron chi connectivity index (χ4n) is 2.14. The summed E-state index contributed by atoms with van der Waals surface area (Å²) in [6, 6.07) is 2.57. The number of hydrogen-bond acceptors (Lipinski definition) is 5. The monoisotopic (exact) mass is 303 g/mol. The van der Waals surface area contributed by atoms with Gasteiger partial charge >= 0.3 is 0 Å². The van der Waals surface area contributed by atoms with Gasteiger partial charge in [0, 0.05) is 18.7 Å². The quantitative estimate of drug-likeness (QED) is 0.632. The fourth-order valence-corrected chi connectivity index (χ4v) is 3.64. The molecule has 1 saturated heterocycles. The molecule has 0 amide bonds. The molecule has 1 aromatic carbocycles. The normalized spacial score (nSPS) is 19.8. The van der Waals surface area contributed by atoms with E-state index in [1.807, 2.05) is 0 Å². The Kier molecular flexibility index (Phi) is 4.31. The predicted octanol–water partition coefficient (Wildman–Crippen LogP) is 0.764. The highest BCUT2D eigenvalue weighted by Gasteiger charge is 2.32. The second kappa shape index (κ2) is 5.81. The molecule has 20 heavy (non-hydrogen) atoms. The smallest absolute Gasteiger partial charge is 0.292 e. The third-order valence-corrected chi connectivity index (χ3v) is 4.62. The number of nitro groups is 1. The molecule has 1 fully saturated rings. The zero-order valence-electron chi connectivity index (χ0n) is 10.5. The Balaban J connectivity index is 2.36. The van der Waals surface area contributed by atoms with E-state index in [4.69, 9.17) is 0 Å². The van der Waals surface area contributed by atoms with E-state index in [0.717, 1.165) is 31.2 Å². The number of sulfonamides is 1. The minimum Gasteiger partial charge on any atom is -0.315 e. The highest BCUT2D eigenvalue weighted by Crippen LogP contribution is 2.26. The van der Waals surface area contributed by atoms with E-state index < -0.39 is 37.4 Å². The van der Waals surface area contributed by atoms with Gasteiger partial charge in [-0.1, -0.05) is 6.07 Å². The van der Waals surface area contributed by atoms with Crippen LogP contribution in [0.25, 0.3) is 0 Å². The van der Waals surface area contributed by atoms with E-state index in [9.17, 15) is 22.9 Å². The molecule has 7 nitrogen and oxygen atoms in total. The molecule has 1 heterocycles. The molecule has 0 aromatic heterocycles. The van der Waals surface area contributed by atoms with Gasteiger partial charge in [0.25, 0.3) is 15.7 Å². The van der Waals surface area contributed by atoms with Gasteiger partial charge in [-0.2, -0.15) is 0 Å². The van der Waals surface area contributed by atoms with Crippen molar-refractivity contribution in [3.63, 3.8) is 0 Å². The van der Waals surface area contributed by atoms with Gasteiger partial charge in [0.1, 0.15) is 5.82 Å². The van der Waals surface area contributed by atoms with E-state index in [0.29, 0.717) is 13.0 Å². The van der Waals surface area contributed by atoms with Crippen molar-refractivity contribution in [1.82, 2.24) is 10.0 Å². The summed E-state index contributed by atoms with van der Waals surface area (Å²) in [5.41, 5.74) is -0.763. The standard InChI is InChI=1S/C11H14FN3O4S/c12-9-4-1-5-10(15(16)17)11(9)20(18,19)14-8-3-2-6-13-7-8/h1,4-5,8,13-14H,2-3,6-7H2/t8-/m1/s1. The van der Waals surface area contributed by atoms with Crippen molar-refractivity contribution in [1.29, 1.82) is 0 Å². The number of nitro benzene ring substituents is 1. The third-order valence-electron chi connectivity index (χ3n) is 3.03. The largest absolute Gasteiger partial charge is 0.315 e. The van der Waals surface area contributed by atoms with Gasteiger partial charge < -0.3 is 5.32 Å². The maximum Gasteiger partial charge on any atom is 0.292 e. The van der Waals surface area contributed by atoms with Gasteiger partial charge in [0.2, 0.25) is 0 Å². The van der Waals surface area contributed by atoms with Gasteiger partial charge in [-0.15, -0.1) is 0 Å². The van der Waals surface area contributed by atoms with Crippen LogP contribution in [0.5, 0.6) is 0 Å². The molecule has 2 rings (SSSR count). The van der Waals surface area contributed by atoms with Crippen molar-refractivity contribution in [2.24, 2.45) is 0 Å². The summed E-state index contributed by atoms with van der Waals surface area (Å²) in [5, 5.41) is 13.9. The van der Waals surface area contributed by atoms with Gasteiger partial charge in [-0.25, -0.2) is 17.5 Å². The first-order chi connectivity index (χ1) is 9.42. The molecule has 0 bridgehead atoms. The van der Waals surface area contributed by atoms with Crippen LogP contribution in [0, 0.1) is 15.9 Å². The zero-order chi connectivity index (χ0) is 14.8. The van der Waals surface area contributed by atoms with Crippen LogP contribution < -0.4 is 10.0 Å². The summed E-state index contributed by atoms with van der Waals surface area (Å²) in [5.74, 6) is -1.13. The van der Waals surface area contributed by atoms with Crippen molar-refractivity contribution in [2.75, 3.05) is 13.1 Å². The summed E-state index contributed by atoms with van der Waals surface area (Å²) in [7, 11) is -4.27. The van der Waals surface area contributed by atoms with Crippen molar-refractivity contribution >= 4 is 15.7 Å². The van der Waals surface area contributed by atoms with Crippen molar-refractivity contribution < 1.29 is 17.7 Å². The molecule has 2 N–H and O–H groups in total. The number of nitrogens with one attached hydrogen (secondary N) is 2. The molecule has 110 valence electrons. The molecule has 0 saturated carbocycles. The van der Waals surface area contributed by atoms with Crippen molar-refractivity contribution in [3.05, 3.63) is 34.1 Å². The van der Waals surface area contributed by atoms with Crippen LogP contribution in [0.3, 0.4) is 0 Å². The summed E-state index contributed by atoms with van der Waals surface area (Å²) in [6.45, 7) is 1.21. The molecule has 9 heteroatoms. The highest BCUT2D eigenvalue weighted by molar-refractivity contribution is 7.89. The second-order valence-corrected chi connectivity index (χ2v) is 6.16. The zero-order valence-corrected chi connectivity index (χ0v) is 11.3. The van der Waals surface area contributed by atoms with Crippen LogP contribution in [0.2, 0.25) is 0 Å². The summed E-state index contributed by atoms with van der Waals surface area (Å²) < 4.78 is 40.4. The lowest BCUT2D eigenvalue weighted by molar-refractivity contribution is -0.388. The van der Waals surface area contributed by atoms with Crippen molar-refractivity contribution in [2.45, 2.75) is 23.8 Å². The number of halogens is 1. The first-order valence-electron chi connectivity index (χ1n) is 6.08. The van der Waals surface area contributed by atoms with Gasteiger partial charge in [0.15, 0.2) is 4.90 Å². The molecule has 1 aliphatic heterocycles. The van der Waals surface area contributed by atoms with Crippen LogP contribution >= 0.6 is 0 Å². The lowest BCUT2D eigenvalue weighted by Crippen LogP contribution is -2.45. The Morgan fingerprint density at radius 2 is 2.20 bits per heavy atom. The van der Waals surface area contributed by atoms with E-state index in [1.165, 1.54) is 0 Å². The average molecular weight is 303 g/mol. The Morgan fingerprint density at radius 3 is 2.80 bits per heavy atom. The fraction of sp³-hybridized carbons (Fsp3) is 0.455. The van der Waals surface area contributed by atoms with E-state index in [2.05, 4.69) is 10.0 Å². The minimum atomic E-state index is -4.27. The van der Waals surface area contributed by atoms with Crippen molar-refractivity contribution in [3.8, 4) is 0 Å². The highest BCUT2D eigenvalue weighted by atomic mass is 32.2. The summed E-state index contributed by atoms with van der Waals surface area (Å²) >= 11 is 0. The molecular formula is C11H14FN3O4S. The first-order valence-corrected chi connectivity index (χ1v) is 7.56. The Hall–Kier alpha value is -1.58. The van der Waals surface area contributed by atoms with Crippen LogP contribution in [-0.4, -0.2) is 32.5 Å². The first kappa shape index (κ1) is 14.8. The predicted molar refractivity (Wildman–Crippen MR) is 69.3 cm³/mol. The molecular weight excluding hydrogens is 289 g/mol. The third kappa shape index (κ3) is 3.11. The van der Waals surface area contributed by atoms with Crippen LogP contribution in [0.4, 0.5) is 10.1 Å². The molecule has 0 spiro atoms. The van der Waals surface area contributed by atoms with Gasteiger partial charge in [-0.05, 0) is 25.5 Å². The minimum absolute atomic E-state index is 0.395. The number of piperidine rings is 1. The number of nitrogens with zero attached hydrogens (tertiary/aromatic N) is 1. The molecule has 0 aliphatic carbocycles. The van der Waals surface area contributed by atoms with Crippen LogP contribution in [0.15, 0.2) is 23.1 Å². The summed E-state index contributed by atoms with van der Waals surface area (Å²) in [4.78, 5) is 9.03. The molecule has 1 atom stereocenters. The van der Waals surface area contributed by atoms with E-state index in [-0.39, 0.29) is 0 Å². The Bertz CT molecular complexity index is 614. The maximum absolute atomic E-state index is 13.7. The lowest BCUT2D eigenvalue weighted by Gasteiger charge is -2.23. The molecule has 1 aromatic rings. The van der Waals surface area contributed by atoms with Gasteiger partial charge in [-0.3, -0.25) is 10.1 Å². The number of rotatable bonds is 4. The Labute approximate surface area is 115 Å². The van der Waals surface area contributed by atoms with E-state index in [1.54, 1.807) is 0 Å².